The van der Waals surface area contributed by atoms with Crippen LogP contribution >= 0.6 is 34.5 Å². The van der Waals surface area contributed by atoms with Crippen LogP contribution < -0.4 is 10.3 Å². The molecule has 0 saturated heterocycles. The maximum Gasteiger partial charge on any atom is 0.262 e. The molecule has 154 valence electrons. The highest BCUT2D eigenvalue weighted by Gasteiger charge is 2.18. The number of aromatic nitrogens is 2. The molecule has 2 aromatic carbocycles. The summed E-state index contributed by atoms with van der Waals surface area (Å²) >= 11 is 13.7. The van der Waals surface area contributed by atoms with Gasteiger partial charge in [-0.1, -0.05) is 59.6 Å². The molecule has 4 aromatic rings. The van der Waals surface area contributed by atoms with Crippen molar-refractivity contribution in [1.29, 1.82) is 0 Å². The van der Waals surface area contributed by atoms with E-state index < -0.39 is 6.10 Å². The summed E-state index contributed by atoms with van der Waals surface area (Å²) in [7, 11) is 0. The topological polar surface area (TPSA) is 64.3 Å². The van der Waals surface area contributed by atoms with E-state index in [4.69, 9.17) is 27.9 Å². The second kappa shape index (κ2) is 8.78. The number of nitrogens with zero attached hydrogens (tertiary/aromatic N) is 2. The minimum absolute atomic E-state index is 0.0347. The maximum absolute atomic E-state index is 13.2. The fraction of sp³-hybridized carbons (Fsp3) is 0.182. The lowest BCUT2D eigenvalue weighted by Gasteiger charge is -2.15. The van der Waals surface area contributed by atoms with E-state index in [1.54, 1.807) is 18.2 Å². The summed E-state index contributed by atoms with van der Waals surface area (Å²) in [6.45, 7) is 1.95. The monoisotopic (exact) mass is 460 g/mol. The molecule has 1 atom stereocenters. The third kappa shape index (κ3) is 4.09. The average Bonchev–Trinajstić information content (AvgIpc) is 3.07. The molecule has 8 heteroatoms. The zero-order valence-corrected chi connectivity index (χ0v) is 18.3. The Labute approximate surface area is 187 Å². The highest BCUT2D eigenvalue weighted by atomic mass is 35.5. The smallest absolute Gasteiger partial charge is 0.262 e. The van der Waals surface area contributed by atoms with Crippen LogP contribution in [0.4, 0.5) is 0 Å². The Kier molecular flexibility index (Phi) is 6.11. The third-order valence-electron chi connectivity index (χ3n) is 4.66. The summed E-state index contributed by atoms with van der Waals surface area (Å²) in [5.74, 6) is 0.306. The summed E-state index contributed by atoms with van der Waals surface area (Å²) < 4.78 is 6.98. The summed E-state index contributed by atoms with van der Waals surface area (Å²) in [5, 5.41) is 11.7. The van der Waals surface area contributed by atoms with E-state index in [9.17, 15) is 9.90 Å². The van der Waals surface area contributed by atoms with Gasteiger partial charge in [-0.2, -0.15) is 0 Å². The Morgan fingerprint density at radius 2 is 1.83 bits per heavy atom. The predicted molar refractivity (Wildman–Crippen MR) is 122 cm³/mol. The standard InChI is InChI=1S/C22H18Cl2N2O3S/c1-13-18(14-6-3-2-4-7-14)19-21(30-13)25-12-26(22(19)28)10-15(27)11-29-20-16(23)8-5-9-17(20)24/h2-9,12,15,27H,10-11H2,1H3/t15-/m1/s1. The molecule has 0 fully saturated rings. The van der Waals surface area contributed by atoms with Gasteiger partial charge in [0.15, 0.2) is 5.75 Å². The van der Waals surface area contributed by atoms with E-state index in [1.807, 2.05) is 37.3 Å². The molecule has 0 amide bonds. The predicted octanol–water partition coefficient (Wildman–Crippen LogP) is 5.18. The van der Waals surface area contributed by atoms with Crippen LogP contribution in [0.1, 0.15) is 4.88 Å². The zero-order valence-electron chi connectivity index (χ0n) is 16.0. The number of benzene rings is 2. The lowest BCUT2D eigenvalue weighted by Crippen LogP contribution is -2.30. The van der Waals surface area contributed by atoms with Gasteiger partial charge < -0.3 is 9.84 Å². The van der Waals surface area contributed by atoms with Gasteiger partial charge in [-0.3, -0.25) is 9.36 Å². The van der Waals surface area contributed by atoms with E-state index in [1.165, 1.54) is 22.2 Å². The van der Waals surface area contributed by atoms with Crippen molar-refractivity contribution in [1.82, 2.24) is 9.55 Å². The van der Waals surface area contributed by atoms with Crippen molar-refractivity contribution in [2.24, 2.45) is 0 Å². The van der Waals surface area contributed by atoms with Crippen LogP contribution in [-0.4, -0.2) is 27.4 Å². The van der Waals surface area contributed by atoms with Crippen LogP contribution in [0.15, 0.2) is 59.7 Å². The Bertz CT molecular complexity index is 1230. The summed E-state index contributed by atoms with van der Waals surface area (Å²) in [6.07, 6.45) is 0.510. The summed E-state index contributed by atoms with van der Waals surface area (Å²) in [6, 6.07) is 14.8. The molecule has 0 aliphatic heterocycles. The van der Waals surface area contributed by atoms with Crippen molar-refractivity contribution < 1.29 is 9.84 Å². The van der Waals surface area contributed by atoms with Gasteiger partial charge in [-0.05, 0) is 24.6 Å². The van der Waals surface area contributed by atoms with Crippen LogP contribution in [0.2, 0.25) is 10.0 Å². The Morgan fingerprint density at radius 3 is 2.53 bits per heavy atom. The van der Waals surface area contributed by atoms with Crippen molar-refractivity contribution in [2.45, 2.75) is 19.6 Å². The van der Waals surface area contributed by atoms with Gasteiger partial charge >= 0.3 is 0 Å². The second-order valence-electron chi connectivity index (χ2n) is 6.80. The minimum atomic E-state index is -0.950. The number of thiophene rings is 1. The maximum atomic E-state index is 13.2. The molecular weight excluding hydrogens is 443 g/mol. The second-order valence-corrected chi connectivity index (χ2v) is 8.81. The molecule has 0 unspecified atom stereocenters. The first-order chi connectivity index (χ1) is 14.5. The van der Waals surface area contributed by atoms with Gasteiger partial charge in [0.25, 0.3) is 5.56 Å². The Morgan fingerprint density at radius 1 is 1.13 bits per heavy atom. The highest BCUT2D eigenvalue weighted by Crippen LogP contribution is 2.35. The van der Waals surface area contributed by atoms with E-state index >= 15 is 0 Å². The van der Waals surface area contributed by atoms with Crippen molar-refractivity contribution >= 4 is 44.8 Å². The molecule has 0 bridgehead atoms. The number of halogens is 2. The SMILES string of the molecule is Cc1sc2ncn(C[C@@H](O)COc3c(Cl)cccc3Cl)c(=O)c2c1-c1ccccc1. The van der Waals surface area contributed by atoms with Crippen LogP contribution in [0.5, 0.6) is 5.75 Å². The van der Waals surface area contributed by atoms with Gasteiger partial charge in [0, 0.05) is 10.4 Å². The molecule has 4 rings (SSSR count). The lowest BCUT2D eigenvalue weighted by molar-refractivity contribution is 0.0916. The van der Waals surface area contributed by atoms with Crippen LogP contribution in [-0.2, 0) is 6.54 Å². The lowest BCUT2D eigenvalue weighted by atomic mass is 10.0. The van der Waals surface area contributed by atoms with Gasteiger partial charge in [-0.25, -0.2) is 4.98 Å². The molecule has 0 spiro atoms. The van der Waals surface area contributed by atoms with Crippen molar-refractivity contribution in [3.05, 3.63) is 80.1 Å². The van der Waals surface area contributed by atoms with E-state index in [0.29, 0.717) is 26.0 Å². The van der Waals surface area contributed by atoms with E-state index in [2.05, 4.69) is 4.98 Å². The van der Waals surface area contributed by atoms with Gasteiger partial charge in [-0.15, -0.1) is 11.3 Å². The normalized spacial score (nSPS) is 12.3. The third-order valence-corrected chi connectivity index (χ3v) is 6.27. The Balaban J connectivity index is 1.61. The highest BCUT2D eigenvalue weighted by molar-refractivity contribution is 7.19. The first kappa shape index (κ1) is 20.9. The van der Waals surface area contributed by atoms with E-state index in [0.717, 1.165) is 16.0 Å². The molecule has 0 radical (unpaired) electrons. The molecule has 30 heavy (non-hydrogen) atoms. The Hall–Kier alpha value is -2.38. The molecule has 0 aliphatic carbocycles. The van der Waals surface area contributed by atoms with Gasteiger partial charge in [0.05, 0.1) is 28.3 Å². The molecular formula is C22H18Cl2N2O3S. The molecule has 2 aromatic heterocycles. The van der Waals surface area contributed by atoms with Gasteiger partial charge in [0.2, 0.25) is 0 Å². The van der Waals surface area contributed by atoms with Crippen LogP contribution in [0, 0.1) is 6.92 Å². The molecule has 0 saturated carbocycles. The van der Waals surface area contributed by atoms with Crippen molar-refractivity contribution in [3.63, 3.8) is 0 Å². The van der Waals surface area contributed by atoms with Crippen LogP contribution in [0.25, 0.3) is 21.3 Å². The average molecular weight is 461 g/mol. The fourth-order valence-corrected chi connectivity index (χ4v) is 4.81. The number of rotatable bonds is 6. The zero-order chi connectivity index (χ0) is 21.3. The number of fused-ring (bicyclic) bond motifs is 1. The number of hydrogen-bond donors (Lipinski definition) is 1. The molecule has 0 aliphatic rings. The first-order valence-electron chi connectivity index (χ1n) is 9.24. The quantitative estimate of drug-likeness (QED) is 0.430. The van der Waals surface area contributed by atoms with E-state index in [-0.39, 0.29) is 18.7 Å². The minimum Gasteiger partial charge on any atom is -0.488 e. The largest absolute Gasteiger partial charge is 0.488 e. The number of ether oxygens (including phenoxy) is 1. The number of para-hydroxylation sites is 1. The molecule has 1 N–H and O–H groups in total. The van der Waals surface area contributed by atoms with Gasteiger partial charge in [0.1, 0.15) is 17.5 Å². The van der Waals surface area contributed by atoms with Crippen molar-refractivity contribution in [3.8, 4) is 16.9 Å². The number of hydrogen-bond acceptors (Lipinski definition) is 5. The molecule has 2 heterocycles. The number of aryl methyl sites for hydroxylation is 1. The fourth-order valence-electron chi connectivity index (χ4n) is 3.30. The van der Waals surface area contributed by atoms with Crippen molar-refractivity contribution in [2.75, 3.05) is 6.61 Å². The molecule has 5 nitrogen and oxygen atoms in total. The first-order valence-corrected chi connectivity index (χ1v) is 10.8. The number of aliphatic hydroxyl groups excluding tert-OH is 1. The van der Waals surface area contributed by atoms with Crippen LogP contribution in [0.3, 0.4) is 0 Å². The summed E-state index contributed by atoms with van der Waals surface area (Å²) in [5.41, 5.74) is 1.66. The number of aliphatic hydroxyl groups is 1. The summed E-state index contributed by atoms with van der Waals surface area (Å²) in [4.78, 5) is 19.3.